The molecule has 0 radical (unpaired) electrons. The quantitative estimate of drug-likeness (QED) is 0.832. The summed E-state index contributed by atoms with van der Waals surface area (Å²) in [5, 5.41) is 3.13. The van der Waals surface area contributed by atoms with E-state index < -0.39 is 5.60 Å². The highest BCUT2D eigenvalue weighted by molar-refractivity contribution is 5.68. The van der Waals surface area contributed by atoms with Gasteiger partial charge in [0.05, 0.1) is 0 Å². The van der Waals surface area contributed by atoms with E-state index in [1.165, 1.54) is 19.3 Å². The monoisotopic (exact) mass is 298 g/mol. The molecule has 1 aliphatic rings. The van der Waals surface area contributed by atoms with Crippen LogP contribution < -0.4 is 11.1 Å². The molecule has 4 heteroatoms. The highest BCUT2D eigenvalue weighted by Crippen LogP contribution is 2.44. The summed E-state index contributed by atoms with van der Waals surface area (Å²) in [6.07, 6.45) is 5.49. The highest BCUT2D eigenvalue weighted by atomic mass is 16.6. The van der Waals surface area contributed by atoms with Crippen LogP contribution in [0.2, 0.25) is 0 Å². The number of nitrogens with one attached hydrogen (secondary N) is 1. The van der Waals surface area contributed by atoms with Crippen molar-refractivity contribution in [2.45, 2.75) is 85.3 Å². The number of carbonyl (C=O) groups is 1. The van der Waals surface area contributed by atoms with Crippen molar-refractivity contribution in [1.82, 2.24) is 5.32 Å². The van der Waals surface area contributed by atoms with Crippen molar-refractivity contribution in [2.24, 2.45) is 16.6 Å². The van der Waals surface area contributed by atoms with E-state index in [0.29, 0.717) is 6.54 Å². The smallest absolute Gasteiger partial charge is 0.407 e. The van der Waals surface area contributed by atoms with E-state index in [9.17, 15) is 4.79 Å². The second kappa shape index (κ2) is 6.55. The fourth-order valence-electron chi connectivity index (χ4n) is 3.58. The normalized spacial score (nSPS) is 20.7. The van der Waals surface area contributed by atoms with Gasteiger partial charge in [-0.2, -0.15) is 0 Å². The van der Waals surface area contributed by atoms with Crippen molar-refractivity contribution in [3.63, 3.8) is 0 Å². The van der Waals surface area contributed by atoms with Crippen LogP contribution in [0.15, 0.2) is 0 Å². The first-order chi connectivity index (χ1) is 9.50. The molecule has 1 atom stereocenters. The first kappa shape index (κ1) is 18.3. The van der Waals surface area contributed by atoms with Gasteiger partial charge in [0.25, 0.3) is 0 Å². The molecule has 1 fully saturated rings. The number of nitrogens with two attached hydrogens (primary N) is 1. The lowest BCUT2D eigenvalue weighted by molar-refractivity contribution is 0.0214. The number of ether oxygens (including phenoxy) is 1. The lowest BCUT2D eigenvalue weighted by atomic mass is 9.62. The van der Waals surface area contributed by atoms with Gasteiger partial charge in [-0.25, -0.2) is 4.79 Å². The Morgan fingerprint density at radius 3 is 2.05 bits per heavy atom. The van der Waals surface area contributed by atoms with Gasteiger partial charge in [0.1, 0.15) is 5.60 Å². The molecule has 4 nitrogen and oxygen atoms in total. The van der Waals surface area contributed by atoms with Crippen LogP contribution in [-0.2, 0) is 4.74 Å². The minimum atomic E-state index is -0.477. The lowest BCUT2D eigenvalue weighted by Gasteiger charge is -2.49. The molecule has 1 aliphatic carbocycles. The molecule has 0 aromatic rings. The Morgan fingerprint density at radius 2 is 1.67 bits per heavy atom. The Hall–Kier alpha value is -0.770. The fraction of sp³-hybridized carbons (Fsp3) is 0.941. The summed E-state index contributed by atoms with van der Waals surface area (Å²) < 4.78 is 5.45. The molecule has 0 saturated heterocycles. The zero-order valence-electron chi connectivity index (χ0n) is 14.7. The van der Waals surface area contributed by atoms with E-state index in [2.05, 4.69) is 26.1 Å². The maximum atomic E-state index is 12.2. The molecule has 21 heavy (non-hydrogen) atoms. The maximum Gasteiger partial charge on any atom is 0.407 e. The van der Waals surface area contributed by atoms with Gasteiger partial charge in [0.15, 0.2) is 0 Å². The number of hydrogen-bond donors (Lipinski definition) is 2. The first-order valence-electron chi connectivity index (χ1n) is 8.20. The molecule has 124 valence electrons. The van der Waals surface area contributed by atoms with Gasteiger partial charge in [-0.15, -0.1) is 0 Å². The zero-order chi connectivity index (χ0) is 16.3. The zero-order valence-corrected chi connectivity index (χ0v) is 14.7. The molecule has 0 bridgehead atoms. The summed E-state index contributed by atoms with van der Waals surface area (Å²) in [6.45, 7) is 12.8. The van der Waals surface area contributed by atoms with E-state index >= 15 is 0 Å². The van der Waals surface area contributed by atoms with Crippen LogP contribution in [0.3, 0.4) is 0 Å². The predicted molar refractivity (Wildman–Crippen MR) is 87.2 cm³/mol. The van der Waals surface area contributed by atoms with E-state index in [1.807, 2.05) is 20.8 Å². The molecule has 1 saturated carbocycles. The maximum absolute atomic E-state index is 12.2. The first-order valence-corrected chi connectivity index (χ1v) is 8.20. The van der Waals surface area contributed by atoms with E-state index in [1.54, 1.807) is 0 Å². The van der Waals surface area contributed by atoms with Crippen LogP contribution >= 0.6 is 0 Å². The van der Waals surface area contributed by atoms with Gasteiger partial charge in [-0.05, 0) is 45.6 Å². The van der Waals surface area contributed by atoms with Gasteiger partial charge in [-0.3, -0.25) is 0 Å². The largest absolute Gasteiger partial charge is 0.444 e. The Kier molecular flexibility index (Phi) is 5.70. The van der Waals surface area contributed by atoms with Crippen molar-refractivity contribution in [1.29, 1.82) is 0 Å². The molecular weight excluding hydrogens is 264 g/mol. The average molecular weight is 298 g/mol. The minimum absolute atomic E-state index is 0.00654. The Morgan fingerprint density at radius 1 is 1.14 bits per heavy atom. The SMILES string of the molecule is CC(C)(C)OC(=O)NC(C(C)(C)C)C1(CN)CCCCC1. The summed E-state index contributed by atoms with van der Waals surface area (Å²) in [5.74, 6) is 0. The third kappa shape index (κ3) is 5.17. The molecular formula is C17H34N2O2. The third-order valence-corrected chi connectivity index (χ3v) is 4.40. The third-order valence-electron chi connectivity index (χ3n) is 4.40. The van der Waals surface area contributed by atoms with Crippen molar-refractivity contribution >= 4 is 6.09 Å². The highest BCUT2D eigenvalue weighted by Gasteiger charge is 2.45. The Balaban J connectivity index is 2.93. The topological polar surface area (TPSA) is 64.3 Å². The molecule has 0 aromatic heterocycles. The van der Waals surface area contributed by atoms with Crippen LogP contribution in [0, 0.1) is 10.8 Å². The van der Waals surface area contributed by atoms with Gasteiger partial charge in [-0.1, -0.05) is 40.0 Å². The predicted octanol–water partition coefficient (Wildman–Crippen LogP) is 3.84. The van der Waals surface area contributed by atoms with Crippen molar-refractivity contribution in [3.05, 3.63) is 0 Å². The molecule has 3 N–H and O–H groups in total. The molecule has 0 aromatic carbocycles. The number of hydrogen-bond acceptors (Lipinski definition) is 3. The molecule has 1 unspecified atom stereocenters. The van der Waals surface area contributed by atoms with E-state index in [-0.39, 0.29) is 23.0 Å². The van der Waals surface area contributed by atoms with E-state index in [0.717, 1.165) is 12.8 Å². The van der Waals surface area contributed by atoms with Gasteiger partial charge < -0.3 is 15.8 Å². The van der Waals surface area contributed by atoms with Crippen LogP contribution in [0.1, 0.15) is 73.6 Å². The fourth-order valence-corrected chi connectivity index (χ4v) is 3.58. The van der Waals surface area contributed by atoms with Crippen LogP contribution in [0.5, 0.6) is 0 Å². The standard InChI is InChI=1S/C17H34N2O2/c1-15(2,3)13(19-14(20)21-16(4,5)6)17(12-18)10-8-7-9-11-17/h13H,7-12,18H2,1-6H3,(H,19,20). The summed E-state index contributed by atoms with van der Waals surface area (Å²) in [5.41, 5.74) is 5.61. The van der Waals surface area contributed by atoms with Crippen molar-refractivity contribution in [2.75, 3.05) is 6.54 Å². The molecule has 1 amide bonds. The summed E-state index contributed by atoms with van der Waals surface area (Å²) in [6, 6.07) is 0.0325. The average Bonchev–Trinajstić information content (AvgIpc) is 2.33. The molecule has 0 heterocycles. The van der Waals surface area contributed by atoms with Crippen LogP contribution in [0.4, 0.5) is 4.79 Å². The number of amides is 1. The summed E-state index contributed by atoms with van der Waals surface area (Å²) in [7, 11) is 0. The van der Waals surface area contributed by atoms with Crippen LogP contribution in [0.25, 0.3) is 0 Å². The van der Waals surface area contributed by atoms with Gasteiger partial charge >= 0.3 is 6.09 Å². The van der Waals surface area contributed by atoms with Crippen molar-refractivity contribution < 1.29 is 9.53 Å². The number of alkyl carbamates (subject to hydrolysis) is 1. The number of rotatable bonds is 3. The number of carbonyl (C=O) groups excluding carboxylic acids is 1. The molecule has 0 aliphatic heterocycles. The second-order valence-corrected chi connectivity index (χ2v) is 8.57. The molecule has 1 rings (SSSR count). The Labute approximate surface area is 130 Å². The lowest BCUT2D eigenvalue weighted by Crippen LogP contribution is -2.58. The van der Waals surface area contributed by atoms with E-state index in [4.69, 9.17) is 10.5 Å². The van der Waals surface area contributed by atoms with Gasteiger partial charge in [0, 0.05) is 11.5 Å². The van der Waals surface area contributed by atoms with Crippen molar-refractivity contribution in [3.8, 4) is 0 Å². The molecule has 0 spiro atoms. The van der Waals surface area contributed by atoms with Gasteiger partial charge in [0.2, 0.25) is 0 Å². The summed E-state index contributed by atoms with van der Waals surface area (Å²) in [4.78, 5) is 12.2. The van der Waals surface area contributed by atoms with Crippen LogP contribution in [-0.4, -0.2) is 24.3 Å². The minimum Gasteiger partial charge on any atom is -0.444 e. The second-order valence-electron chi connectivity index (χ2n) is 8.57. The Bertz CT molecular complexity index is 347. The summed E-state index contributed by atoms with van der Waals surface area (Å²) >= 11 is 0.